The number of carbonyl (C=O) groups is 1. The summed E-state index contributed by atoms with van der Waals surface area (Å²) in [5, 5.41) is 0. The zero-order valence-electron chi connectivity index (χ0n) is 14.7. The summed E-state index contributed by atoms with van der Waals surface area (Å²) in [5.41, 5.74) is 2.43. The number of rotatable bonds is 3. The van der Waals surface area contributed by atoms with Crippen molar-refractivity contribution in [1.82, 2.24) is 4.90 Å². The molecule has 2 bridgehead atoms. The molecule has 136 valence electrons. The molecular weight excluding hydrogens is 341 g/mol. The van der Waals surface area contributed by atoms with Gasteiger partial charge in [0.1, 0.15) is 6.67 Å². The van der Waals surface area contributed by atoms with E-state index in [2.05, 4.69) is 47.9 Å². The van der Waals surface area contributed by atoms with E-state index in [0.717, 1.165) is 19.3 Å². The van der Waals surface area contributed by atoms with Gasteiger partial charge < -0.3 is 4.74 Å². The van der Waals surface area contributed by atoms with E-state index in [1.165, 1.54) is 18.2 Å². The Bertz CT molecular complexity index is 652. The van der Waals surface area contributed by atoms with Crippen molar-refractivity contribution in [2.75, 3.05) is 20.3 Å². The smallest absolute Gasteiger partial charge is 0.310 e. The molecule has 0 aliphatic carbocycles. The lowest BCUT2D eigenvalue weighted by atomic mass is 9.76. The van der Waals surface area contributed by atoms with Crippen LogP contribution in [0.2, 0.25) is 0 Å². The first-order valence-electron chi connectivity index (χ1n) is 8.57. The lowest BCUT2D eigenvalue weighted by Crippen LogP contribution is -2.51. The number of aryl methyl sites for hydroxylation is 1. The van der Waals surface area contributed by atoms with Crippen molar-refractivity contribution in [2.45, 2.75) is 44.2 Å². The molecule has 0 unspecified atom stereocenters. The Balaban J connectivity index is 0.00000225. The highest BCUT2D eigenvalue weighted by Gasteiger charge is 2.50. The van der Waals surface area contributed by atoms with E-state index in [1.807, 2.05) is 0 Å². The van der Waals surface area contributed by atoms with E-state index in [0.29, 0.717) is 12.6 Å². The summed E-state index contributed by atoms with van der Waals surface area (Å²) in [6.45, 7) is 1.99. The van der Waals surface area contributed by atoms with E-state index in [1.54, 1.807) is 0 Å². The van der Waals surface area contributed by atoms with Crippen molar-refractivity contribution in [1.29, 1.82) is 0 Å². The molecule has 1 aromatic rings. The van der Waals surface area contributed by atoms with E-state index >= 15 is 0 Å². The molecule has 0 amide bonds. The topological polar surface area (TPSA) is 29.5 Å². The minimum absolute atomic E-state index is 0. The molecule has 2 fully saturated rings. The van der Waals surface area contributed by atoms with Crippen LogP contribution < -0.4 is 0 Å². The monoisotopic (exact) mass is 365 g/mol. The summed E-state index contributed by atoms with van der Waals surface area (Å²) in [6.07, 6.45) is 2.97. The molecule has 2 saturated heterocycles. The highest BCUT2D eigenvalue weighted by Crippen LogP contribution is 2.47. The Morgan fingerprint density at radius 1 is 1.28 bits per heavy atom. The highest BCUT2D eigenvalue weighted by molar-refractivity contribution is 5.85. The van der Waals surface area contributed by atoms with Crippen molar-refractivity contribution in [3.63, 3.8) is 0 Å². The number of halogens is 2. The van der Waals surface area contributed by atoms with Gasteiger partial charge in [-0.2, -0.15) is 0 Å². The number of hydrogen-bond acceptors (Lipinski definition) is 3. The van der Waals surface area contributed by atoms with Crippen LogP contribution in [0.4, 0.5) is 4.39 Å². The minimum Gasteiger partial charge on any atom is -0.469 e. The van der Waals surface area contributed by atoms with Gasteiger partial charge in [-0.25, -0.2) is 4.39 Å². The van der Waals surface area contributed by atoms with Crippen molar-refractivity contribution < 1.29 is 13.9 Å². The van der Waals surface area contributed by atoms with Crippen LogP contribution in [0, 0.1) is 24.7 Å². The molecule has 0 spiro atoms. The minimum atomic E-state index is -0.615. The fraction of sp³-hybridized carbons (Fsp3) is 0.550. The van der Waals surface area contributed by atoms with E-state index in [9.17, 15) is 9.18 Å². The van der Waals surface area contributed by atoms with Gasteiger partial charge in [0.05, 0.1) is 19.6 Å². The third kappa shape index (κ3) is 3.99. The number of nitrogens with zero attached hydrogens (tertiary/aromatic N) is 1. The number of fused-ring (bicyclic) bond motifs is 2. The second-order valence-corrected chi connectivity index (χ2v) is 6.76. The lowest BCUT2D eigenvalue weighted by molar-refractivity contribution is -0.150. The first-order chi connectivity index (χ1) is 11.7. The summed E-state index contributed by atoms with van der Waals surface area (Å²) in [4.78, 5) is 14.8. The van der Waals surface area contributed by atoms with Gasteiger partial charge in [0.2, 0.25) is 0 Å². The average molecular weight is 366 g/mol. The first-order valence-corrected chi connectivity index (χ1v) is 8.57. The average Bonchev–Trinajstić information content (AvgIpc) is 2.87. The van der Waals surface area contributed by atoms with Gasteiger partial charge in [0.25, 0.3) is 0 Å². The Morgan fingerprint density at radius 2 is 2.00 bits per heavy atom. The number of methoxy groups -OCH3 is 1. The van der Waals surface area contributed by atoms with Crippen LogP contribution in [0.5, 0.6) is 0 Å². The van der Waals surface area contributed by atoms with Crippen LogP contribution in [-0.2, 0) is 9.53 Å². The van der Waals surface area contributed by atoms with E-state index < -0.39 is 6.67 Å². The molecule has 4 atom stereocenters. The SMILES string of the molecule is COC(=O)[C@H]1[C@@H](c2ccc(C)cc2)C[C@@H]2CC[C@H]1N2CC#CCF.Cl. The Kier molecular flexibility index (Phi) is 6.87. The largest absolute Gasteiger partial charge is 0.469 e. The molecule has 0 N–H and O–H groups in total. The predicted octanol–water partition coefficient (Wildman–Crippen LogP) is 3.50. The standard InChI is InChI=1S/C20H24FNO2.ClH/c1-14-5-7-15(8-6-14)17-13-16-9-10-18(19(17)20(23)24-2)22(16)12-4-3-11-21;/h5-8,16-19H,9-13H2,1-2H3;1H/t16-,17+,18+,19-;/m0./s1. The van der Waals surface area contributed by atoms with Gasteiger partial charge >= 0.3 is 5.97 Å². The summed E-state index contributed by atoms with van der Waals surface area (Å²) < 4.78 is 17.4. The van der Waals surface area contributed by atoms with Crippen molar-refractivity contribution >= 4 is 18.4 Å². The number of esters is 1. The van der Waals surface area contributed by atoms with Crippen LogP contribution in [0.25, 0.3) is 0 Å². The van der Waals surface area contributed by atoms with Gasteiger partial charge in [0.15, 0.2) is 0 Å². The number of piperidine rings is 1. The third-order valence-corrected chi connectivity index (χ3v) is 5.50. The maximum atomic E-state index is 12.5. The summed E-state index contributed by atoms with van der Waals surface area (Å²) >= 11 is 0. The molecule has 5 heteroatoms. The molecule has 2 aliphatic heterocycles. The van der Waals surface area contributed by atoms with Gasteiger partial charge in [-0.3, -0.25) is 9.69 Å². The van der Waals surface area contributed by atoms with Crippen LogP contribution >= 0.6 is 12.4 Å². The van der Waals surface area contributed by atoms with Crippen molar-refractivity contribution in [3.05, 3.63) is 35.4 Å². The van der Waals surface area contributed by atoms with E-state index in [-0.39, 0.29) is 36.3 Å². The summed E-state index contributed by atoms with van der Waals surface area (Å²) in [6, 6.07) is 9.02. The first kappa shape index (κ1) is 19.8. The van der Waals surface area contributed by atoms with Gasteiger partial charge in [-0.1, -0.05) is 41.7 Å². The molecular formula is C20H25ClFNO2. The summed E-state index contributed by atoms with van der Waals surface area (Å²) in [5.74, 6) is 5.25. The molecule has 0 radical (unpaired) electrons. The van der Waals surface area contributed by atoms with Crippen molar-refractivity contribution in [3.8, 4) is 11.8 Å². The van der Waals surface area contributed by atoms with Gasteiger partial charge in [-0.15, -0.1) is 12.4 Å². The fourth-order valence-electron chi connectivity index (χ4n) is 4.37. The third-order valence-electron chi connectivity index (χ3n) is 5.50. The maximum Gasteiger partial charge on any atom is 0.310 e. The molecule has 0 saturated carbocycles. The highest BCUT2D eigenvalue weighted by atomic mass is 35.5. The second-order valence-electron chi connectivity index (χ2n) is 6.76. The molecule has 3 rings (SSSR count). The van der Waals surface area contributed by atoms with Crippen LogP contribution in [0.1, 0.15) is 36.3 Å². The molecule has 2 aliphatic rings. The molecule has 2 heterocycles. The maximum absolute atomic E-state index is 12.5. The molecule has 1 aromatic carbocycles. The number of benzene rings is 1. The van der Waals surface area contributed by atoms with Crippen LogP contribution in [0.15, 0.2) is 24.3 Å². The van der Waals surface area contributed by atoms with Gasteiger partial charge in [0, 0.05) is 18.0 Å². The molecule has 25 heavy (non-hydrogen) atoms. The fourth-order valence-corrected chi connectivity index (χ4v) is 4.37. The molecule has 3 nitrogen and oxygen atoms in total. The predicted molar refractivity (Wildman–Crippen MR) is 98.6 cm³/mol. The normalized spacial score (nSPS) is 27.8. The Morgan fingerprint density at radius 3 is 2.64 bits per heavy atom. The zero-order valence-corrected chi connectivity index (χ0v) is 15.5. The number of alkyl halides is 1. The van der Waals surface area contributed by atoms with Crippen molar-refractivity contribution in [2.24, 2.45) is 5.92 Å². The quantitative estimate of drug-likeness (QED) is 0.606. The second kappa shape index (κ2) is 8.69. The van der Waals surface area contributed by atoms with Crippen LogP contribution in [-0.4, -0.2) is 43.3 Å². The van der Waals surface area contributed by atoms with E-state index in [4.69, 9.17) is 4.74 Å². The van der Waals surface area contributed by atoms with Gasteiger partial charge in [-0.05, 0) is 31.7 Å². The summed E-state index contributed by atoms with van der Waals surface area (Å²) in [7, 11) is 1.46. The Hall–Kier alpha value is -1.57. The lowest BCUT2D eigenvalue weighted by Gasteiger charge is -2.42. The van der Waals surface area contributed by atoms with Crippen LogP contribution in [0.3, 0.4) is 0 Å². The zero-order chi connectivity index (χ0) is 17.1. The number of carbonyl (C=O) groups excluding carboxylic acids is 1. The number of ether oxygens (including phenoxy) is 1. The number of hydrogen-bond donors (Lipinski definition) is 0. The molecule has 0 aromatic heterocycles. The Labute approximate surface area is 155 Å².